The highest BCUT2D eigenvalue weighted by Crippen LogP contribution is 2.42. The zero-order valence-electron chi connectivity index (χ0n) is 11.7. The summed E-state index contributed by atoms with van der Waals surface area (Å²) in [6.07, 6.45) is 0.620. The molecule has 1 aliphatic heterocycles. The van der Waals surface area contributed by atoms with E-state index in [-0.39, 0.29) is 18.1 Å². The van der Waals surface area contributed by atoms with Crippen LogP contribution in [0.2, 0.25) is 0 Å². The van der Waals surface area contributed by atoms with E-state index in [4.69, 9.17) is 4.74 Å². The first-order valence-corrected chi connectivity index (χ1v) is 6.55. The van der Waals surface area contributed by atoms with Crippen LogP contribution < -0.4 is 4.74 Å². The lowest BCUT2D eigenvalue weighted by molar-refractivity contribution is 0.0350. The number of benzene rings is 1. The van der Waals surface area contributed by atoms with Crippen LogP contribution in [0.3, 0.4) is 0 Å². The van der Waals surface area contributed by atoms with Crippen molar-refractivity contribution in [2.45, 2.75) is 19.4 Å². The molecule has 1 aromatic heterocycles. The van der Waals surface area contributed by atoms with Gasteiger partial charge in [-0.1, -0.05) is 0 Å². The van der Waals surface area contributed by atoms with Crippen molar-refractivity contribution < 1.29 is 19.0 Å². The lowest BCUT2D eigenvalue weighted by Crippen LogP contribution is -2.22. The van der Waals surface area contributed by atoms with Crippen molar-refractivity contribution in [2.24, 2.45) is 0 Å². The standard InChI is InChI=1S/C16H14FNO3/c1-9-5-10(3-4-13(9)17)14-15-12(6-11(7-19)18-14)16(2,20)8-21-15/h3-7,20H,8H2,1-2H3. The van der Waals surface area contributed by atoms with Gasteiger partial charge in [-0.3, -0.25) is 4.79 Å². The molecular formula is C16H14FNO3. The quantitative estimate of drug-likeness (QED) is 0.863. The highest BCUT2D eigenvalue weighted by atomic mass is 19.1. The van der Waals surface area contributed by atoms with Crippen LogP contribution in [-0.2, 0) is 5.60 Å². The number of hydrogen-bond acceptors (Lipinski definition) is 4. The van der Waals surface area contributed by atoms with E-state index in [1.54, 1.807) is 26.0 Å². The van der Waals surface area contributed by atoms with Crippen LogP contribution in [0.1, 0.15) is 28.5 Å². The molecular weight excluding hydrogens is 273 g/mol. The van der Waals surface area contributed by atoms with Gasteiger partial charge in [0.25, 0.3) is 0 Å². The molecule has 0 amide bonds. The molecule has 3 rings (SSSR count). The van der Waals surface area contributed by atoms with Crippen molar-refractivity contribution >= 4 is 6.29 Å². The van der Waals surface area contributed by atoms with E-state index >= 15 is 0 Å². The Kier molecular flexibility index (Phi) is 3.02. The van der Waals surface area contributed by atoms with Crippen LogP contribution in [0.4, 0.5) is 4.39 Å². The molecule has 0 fully saturated rings. The summed E-state index contributed by atoms with van der Waals surface area (Å²) in [5.74, 6) is 0.131. The smallest absolute Gasteiger partial charge is 0.168 e. The Morgan fingerprint density at radius 3 is 2.86 bits per heavy atom. The van der Waals surface area contributed by atoms with E-state index < -0.39 is 5.60 Å². The minimum atomic E-state index is -1.17. The summed E-state index contributed by atoms with van der Waals surface area (Å²) >= 11 is 0. The van der Waals surface area contributed by atoms with Gasteiger partial charge in [0, 0.05) is 11.1 Å². The van der Waals surface area contributed by atoms with E-state index in [9.17, 15) is 14.3 Å². The number of aliphatic hydroxyl groups is 1. The predicted octanol–water partition coefficient (Wildman–Crippen LogP) is 2.61. The number of aryl methyl sites for hydroxylation is 1. The van der Waals surface area contributed by atoms with Crippen LogP contribution in [0.15, 0.2) is 24.3 Å². The number of aromatic nitrogens is 1. The minimum Gasteiger partial charge on any atom is -0.488 e. The molecule has 4 nitrogen and oxygen atoms in total. The lowest BCUT2D eigenvalue weighted by Gasteiger charge is -2.14. The number of aldehydes is 1. The predicted molar refractivity (Wildman–Crippen MR) is 74.8 cm³/mol. The highest BCUT2D eigenvalue weighted by molar-refractivity contribution is 5.78. The van der Waals surface area contributed by atoms with Gasteiger partial charge in [-0.15, -0.1) is 0 Å². The average molecular weight is 287 g/mol. The summed E-state index contributed by atoms with van der Waals surface area (Å²) in [7, 11) is 0. The Morgan fingerprint density at radius 2 is 2.19 bits per heavy atom. The zero-order chi connectivity index (χ0) is 15.2. The second kappa shape index (κ2) is 4.63. The Bertz CT molecular complexity index is 741. The van der Waals surface area contributed by atoms with Crippen LogP contribution >= 0.6 is 0 Å². The maximum Gasteiger partial charge on any atom is 0.168 e. The number of rotatable bonds is 2. The molecule has 1 aliphatic rings. The lowest BCUT2D eigenvalue weighted by atomic mass is 9.96. The topological polar surface area (TPSA) is 59.4 Å². The largest absolute Gasteiger partial charge is 0.488 e. The number of hydrogen-bond donors (Lipinski definition) is 1. The van der Waals surface area contributed by atoms with Crippen LogP contribution in [0, 0.1) is 12.7 Å². The Labute approximate surface area is 121 Å². The summed E-state index contributed by atoms with van der Waals surface area (Å²) in [4.78, 5) is 15.3. The molecule has 0 radical (unpaired) electrons. The molecule has 1 atom stereocenters. The number of pyridine rings is 1. The molecule has 108 valence electrons. The molecule has 0 saturated heterocycles. The number of carbonyl (C=O) groups excluding carboxylic acids is 1. The van der Waals surface area contributed by atoms with Gasteiger partial charge >= 0.3 is 0 Å². The molecule has 1 N–H and O–H groups in total. The Balaban J connectivity index is 2.25. The monoisotopic (exact) mass is 287 g/mol. The molecule has 5 heteroatoms. The third-order valence-corrected chi connectivity index (χ3v) is 3.62. The maximum absolute atomic E-state index is 13.4. The van der Waals surface area contributed by atoms with Gasteiger partial charge in [-0.25, -0.2) is 9.37 Å². The fraction of sp³-hybridized carbons (Fsp3) is 0.250. The molecule has 21 heavy (non-hydrogen) atoms. The molecule has 0 spiro atoms. The molecule has 2 heterocycles. The van der Waals surface area contributed by atoms with Gasteiger partial charge in [-0.05, 0) is 43.7 Å². The second-order valence-electron chi connectivity index (χ2n) is 5.42. The van der Waals surface area contributed by atoms with E-state index in [2.05, 4.69) is 4.98 Å². The number of halogens is 1. The summed E-state index contributed by atoms with van der Waals surface area (Å²) in [6, 6.07) is 6.09. The van der Waals surface area contributed by atoms with Crippen molar-refractivity contribution in [3.05, 3.63) is 46.9 Å². The van der Waals surface area contributed by atoms with Crippen LogP contribution in [0.5, 0.6) is 5.75 Å². The maximum atomic E-state index is 13.4. The average Bonchev–Trinajstić information content (AvgIpc) is 2.77. The van der Waals surface area contributed by atoms with E-state index in [0.717, 1.165) is 0 Å². The highest BCUT2D eigenvalue weighted by Gasteiger charge is 2.37. The van der Waals surface area contributed by atoms with Gasteiger partial charge in [0.1, 0.15) is 29.4 Å². The summed E-state index contributed by atoms with van der Waals surface area (Å²) < 4.78 is 19.0. The fourth-order valence-electron chi connectivity index (χ4n) is 2.44. The molecule has 0 bridgehead atoms. The van der Waals surface area contributed by atoms with Gasteiger partial charge in [0.2, 0.25) is 0 Å². The van der Waals surface area contributed by atoms with Crippen molar-refractivity contribution in [1.82, 2.24) is 4.98 Å². The summed E-state index contributed by atoms with van der Waals surface area (Å²) in [5, 5.41) is 10.3. The van der Waals surface area contributed by atoms with Crippen LogP contribution in [-0.4, -0.2) is 23.0 Å². The Morgan fingerprint density at radius 1 is 1.43 bits per heavy atom. The van der Waals surface area contributed by atoms with Gasteiger partial charge < -0.3 is 9.84 Å². The molecule has 0 aliphatic carbocycles. The van der Waals surface area contributed by atoms with Crippen molar-refractivity contribution in [2.75, 3.05) is 6.61 Å². The van der Waals surface area contributed by atoms with E-state index in [0.29, 0.717) is 34.4 Å². The second-order valence-corrected chi connectivity index (χ2v) is 5.42. The van der Waals surface area contributed by atoms with Gasteiger partial charge in [-0.2, -0.15) is 0 Å². The van der Waals surface area contributed by atoms with Crippen molar-refractivity contribution in [1.29, 1.82) is 0 Å². The summed E-state index contributed by atoms with van der Waals surface area (Å²) in [6.45, 7) is 3.37. The number of nitrogens with zero attached hydrogens (tertiary/aromatic N) is 1. The first-order valence-electron chi connectivity index (χ1n) is 6.55. The minimum absolute atomic E-state index is 0.0967. The SMILES string of the molecule is Cc1cc(-c2nc(C=O)cc3c2OCC3(C)O)ccc1F. The van der Waals surface area contributed by atoms with E-state index in [1.807, 2.05) is 0 Å². The molecule has 1 aromatic carbocycles. The third kappa shape index (κ3) is 2.19. The first-order chi connectivity index (χ1) is 9.92. The van der Waals surface area contributed by atoms with E-state index in [1.165, 1.54) is 12.1 Å². The Hall–Kier alpha value is -2.27. The normalized spacial score (nSPS) is 20.0. The number of fused-ring (bicyclic) bond motifs is 1. The molecule has 0 saturated carbocycles. The first kappa shape index (κ1) is 13.7. The zero-order valence-corrected chi connectivity index (χ0v) is 11.7. The van der Waals surface area contributed by atoms with Crippen molar-refractivity contribution in [3.8, 4) is 17.0 Å². The fourth-order valence-corrected chi connectivity index (χ4v) is 2.44. The van der Waals surface area contributed by atoms with Crippen molar-refractivity contribution in [3.63, 3.8) is 0 Å². The molecule has 1 unspecified atom stereocenters. The molecule has 2 aromatic rings. The number of carbonyl (C=O) groups is 1. The summed E-state index contributed by atoms with van der Waals surface area (Å²) in [5.41, 5.74) is 1.12. The van der Waals surface area contributed by atoms with Gasteiger partial charge in [0.05, 0.1) is 0 Å². The van der Waals surface area contributed by atoms with Crippen LogP contribution in [0.25, 0.3) is 11.3 Å². The third-order valence-electron chi connectivity index (χ3n) is 3.62. The van der Waals surface area contributed by atoms with Gasteiger partial charge in [0.15, 0.2) is 12.0 Å². The number of ether oxygens (including phenoxy) is 1.